The summed E-state index contributed by atoms with van der Waals surface area (Å²) in [6.45, 7) is 1.35. The highest BCUT2D eigenvalue weighted by atomic mass is 79.9. The molecule has 0 radical (unpaired) electrons. The average molecular weight is 409 g/mol. The Morgan fingerprint density at radius 1 is 1.00 bits per heavy atom. The van der Waals surface area contributed by atoms with Crippen LogP contribution < -0.4 is 4.74 Å². The van der Waals surface area contributed by atoms with Crippen LogP contribution in [0.5, 0.6) is 5.06 Å². The van der Waals surface area contributed by atoms with Crippen LogP contribution in [0.25, 0.3) is 10.4 Å². The zero-order valence-corrected chi connectivity index (χ0v) is 15.9. The van der Waals surface area contributed by atoms with Crippen molar-refractivity contribution in [2.45, 2.75) is 44.5 Å². The van der Waals surface area contributed by atoms with Gasteiger partial charge < -0.3 is 14.2 Å². The van der Waals surface area contributed by atoms with Crippen LogP contribution in [0.4, 0.5) is 0 Å². The normalized spacial score (nSPS) is 19.7. The van der Waals surface area contributed by atoms with Gasteiger partial charge in [-0.2, -0.15) is 0 Å². The fourth-order valence-electron chi connectivity index (χ4n) is 3.26. The Hall–Kier alpha value is -0.880. The summed E-state index contributed by atoms with van der Waals surface area (Å²) in [6.07, 6.45) is 6.43. The van der Waals surface area contributed by atoms with Gasteiger partial charge in [0.25, 0.3) is 0 Å². The van der Waals surface area contributed by atoms with Crippen molar-refractivity contribution in [2.75, 3.05) is 13.2 Å². The minimum absolute atomic E-state index is 0.209. The van der Waals surface area contributed by atoms with E-state index in [4.69, 9.17) is 14.2 Å². The van der Waals surface area contributed by atoms with E-state index < -0.39 is 0 Å². The molecular formula is C19H21BrO3S. The maximum atomic E-state index is 6.22. The van der Waals surface area contributed by atoms with Crippen molar-refractivity contribution in [1.29, 1.82) is 0 Å². The van der Waals surface area contributed by atoms with E-state index in [0.29, 0.717) is 19.3 Å². The van der Waals surface area contributed by atoms with Crippen LogP contribution in [-0.4, -0.2) is 19.3 Å². The number of thiophene rings is 1. The molecule has 1 aromatic carbocycles. The highest BCUT2D eigenvalue weighted by Crippen LogP contribution is 2.42. The molecular weight excluding hydrogens is 388 g/mol. The van der Waals surface area contributed by atoms with Gasteiger partial charge in [0.2, 0.25) is 0 Å². The van der Waals surface area contributed by atoms with E-state index in [1.165, 1.54) is 42.5 Å². The van der Waals surface area contributed by atoms with Crippen molar-refractivity contribution in [3.63, 3.8) is 0 Å². The molecule has 2 aliphatic rings. The average Bonchev–Trinajstić information content (AvgIpc) is 3.27. The molecule has 0 N–H and O–H groups in total. The first-order chi connectivity index (χ1) is 11.8. The van der Waals surface area contributed by atoms with Crippen LogP contribution in [0.2, 0.25) is 0 Å². The second-order valence-electron chi connectivity index (χ2n) is 6.32. The molecule has 24 heavy (non-hydrogen) atoms. The van der Waals surface area contributed by atoms with Crippen LogP contribution in [0.15, 0.2) is 34.8 Å². The van der Waals surface area contributed by atoms with Gasteiger partial charge >= 0.3 is 0 Å². The second-order valence-corrected chi connectivity index (χ2v) is 8.19. The Kier molecular flexibility index (Phi) is 5.22. The molecule has 0 atom stereocenters. The summed E-state index contributed by atoms with van der Waals surface area (Å²) in [5, 5.41) is 1.00. The Bertz CT molecular complexity index is 670. The Morgan fingerprint density at radius 3 is 2.42 bits per heavy atom. The van der Waals surface area contributed by atoms with E-state index in [0.717, 1.165) is 15.1 Å². The fraction of sp³-hybridized carbons (Fsp3) is 0.474. The molecule has 0 spiro atoms. The molecule has 2 fully saturated rings. The first kappa shape index (κ1) is 16.6. The Labute approximate surface area is 155 Å². The standard InChI is InChI=1S/C19H21BrO3S/c20-16-12-17(24-19(16)23-15-4-2-1-3-5-15)13-6-8-14(9-7-13)18-21-10-11-22-18/h6-9,12,15,18H,1-5,10-11H2. The third kappa shape index (κ3) is 3.69. The van der Waals surface area contributed by atoms with Crippen molar-refractivity contribution in [3.05, 3.63) is 40.4 Å². The van der Waals surface area contributed by atoms with E-state index in [1.807, 2.05) is 0 Å². The van der Waals surface area contributed by atoms with Gasteiger partial charge in [-0.25, -0.2) is 0 Å². The molecule has 2 aromatic rings. The molecule has 128 valence electrons. The van der Waals surface area contributed by atoms with Crippen LogP contribution in [-0.2, 0) is 9.47 Å². The van der Waals surface area contributed by atoms with Gasteiger partial charge in [-0.1, -0.05) is 42.0 Å². The summed E-state index contributed by atoms with van der Waals surface area (Å²) in [5.74, 6) is 0. The third-order valence-electron chi connectivity index (χ3n) is 4.57. The van der Waals surface area contributed by atoms with E-state index in [-0.39, 0.29) is 6.29 Å². The molecule has 2 heterocycles. The van der Waals surface area contributed by atoms with Crippen molar-refractivity contribution in [2.24, 2.45) is 0 Å². The number of rotatable bonds is 4. The molecule has 1 aromatic heterocycles. The van der Waals surface area contributed by atoms with Crippen molar-refractivity contribution < 1.29 is 14.2 Å². The van der Waals surface area contributed by atoms with Gasteiger partial charge in [-0.15, -0.1) is 0 Å². The summed E-state index contributed by atoms with van der Waals surface area (Å²) in [6, 6.07) is 10.6. The van der Waals surface area contributed by atoms with Gasteiger partial charge in [0.1, 0.15) is 0 Å². The molecule has 3 nitrogen and oxygen atoms in total. The van der Waals surface area contributed by atoms with E-state index in [2.05, 4.69) is 46.3 Å². The minimum atomic E-state index is -0.209. The SMILES string of the molecule is Brc1cc(-c2ccc(C3OCCO3)cc2)sc1OC1CCCCC1. The third-order valence-corrected chi connectivity index (χ3v) is 6.50. The maximum absolute atomic E-state index is 6.22. The van der Waals surface area contributed by atoms with Crippen LogP contribution in [0, 0.1) is 0 Å². The minimum Gasteiger partial charge on any atom is -0.480 e. The van der Waals surface area contributed by atoms with Gasteiger partial charge in [-0.05, 0) is 53.2 Å². The van der Waals surface area contributed by atoms with Crippen LogP contribution in [0.1, 0.15) is 44.0 Å². The van der Waals surface area contributed by atoms with Crippen LogP contribution >= 0.6 is 27.3 Å². The summed E-state index contributed by atoms with van der Waals surface area (Å²) >= 11 is 5.37. The Balaban J connectivity index is 1.48. The molecule has 0 amide bonds. The predicted molar refractivity (Wildman–Crippen MR) is 99.6 cm³/mol. The highest BCUT2D eigenvalue weighted by molar-refractivity contribution is 9.10. The lowest BCUT2D eigenvalue weighted by molar-refractivity contribution is -0.0441. The first-order valence-electron chi connectivity index (χ1n) is 8.59. The topological polar surface area (TPSA) is 27.7 Å². The van der Waals surface area contributed by atoms with E-state index in [1.54, 1.807) is 11.3 Å². The van der Waals surface area contributed by atoms with E-state index >= 15 is 0 Å². The quantitative estimate of drug-likeness (QED) is 0.626. The lowest BCUT2D eigenvalue weighted by Crippen LogP contribution is -2.19. The second kappa shape index (κ2) is 7.56. The smallest absolute Gasteiger partial charge is 0.189 e. The zero-order valence-electron chi connectivity index (χ0n) is 13.5. The molecule has 5 heteroatoms. The number of benzene rings is 1. The molecule has 1 saturated heterocycles. The van der Waals surface area contributed by atoms with Crippen molar-refractivity contribution >= 4 is 27.3 Å². The monoisotopic (exact) mass is 408 g/mol. The number of ether oxygens (including phenoxy) is 3. The van der Waals surface area contributed by atoms with Gasteiger partial charge in [0.15, 0.2) is 11.4 Å². The van der Waals surface area contributed by atoms with Crippen molar-refractivity contribution in [1.82, 2.24) is 0 Å². The predicted octanol–water partition coefficient (Wildman–Crippen LogP) is 5.93. The highest BCUT2D eigenvalue weighted by Gasteiger charge is 2.20. The molecule has 1 aliphatic heterocycles. The number of hydrogen-bond acceptors (Lipinski definition) is 4. The fourth-order valence-corrected chi connectivity index (χ4v) is 4.95. The van der Waals surface area contributed by atoms with Crippen LogP contribution in [0.3, 0.4) is 0 Å². The van der Waals surface area contributed by atoms with Gasteiger partial charge in [0.05, 0.1) is 23.8 Å². The van der Waals surface area contributed by atoms with Crippen molar-refractivity contribution in [3.8, 4) is 15.5 Å². The maximum Gasteiger partial charge on any atom is 0.189 e. The van der Waals surface area contributed by atoms with Gasteiger partial charge in [0, 0.05) is 10.4 Å². The largest absolute Gasteiger partial charge is 0.480 e. The van der Waals surface area contributed by atoms with E-state index in [9.17, 15) is 0 Å². The van der Waals surface area contributed by atoms with Gasteiger partial charge in [-0.3, -0.25) is 0 Å². The summed E-state index contributed by atoms with van der Waals surface area (Å²) in [4.78, 5) is 1.22. The number of halogens is 1. The molecule has 1 aliphatic carbocycles. The summed E-state index contributed by atoms with van der Waals surface area (Å²) in [5.41, 5.74) is 2.27. The summed E-state index contributed by atoms with van der Waals surface area (Å²) < 4.78 is 18.4. The number of hydrogen-bond donors (Lipinski definition) is 0. The lowest BCUT2D eigenvalue weighted by atomic mass is 9.98. The lowest BCUT2D eigenvalue weighted by Gasteiger charge is -2.22. The Morgan fingerprint density at radius 2 is 1.71 bits per heavy atom. The summed E-state index contributed by atoms with van der Waals surface area (Å²) in [7, 11) is 0. The molecule has 1 saturated carbocycles. The first-order valence-corrected chi connectivity index (χ1v) is 10.2. The molecule has 0 bridgehead atoms. The zero-order chi connectivity index (χ0) is 16.4. The molecule has 4 rings (SSSR count). The molecule has 0 unspecified atom stereocenters.